The van der Waals surface area contributed by atoms with E-state index in [-0.39, 0.29) is 5.57 Å². The second kappa shape index (κ2) is 5.13. The Morgan fingerprint density at radius 3 is 2.79 bits per heavy atom. The van der Waals surface area contributed by atoms with E-state index in [4.69, 9.17) is 13.3 Å². The normalized spacial score (nSPS) is 36.0. The molecule has 19 heavy (non-hydrogen) atoms. The standard InChI is InChI=1S/C15H20O4/c1-10(7-13(17)18)5-6-15(19)11(2)8-12(16)9-14(15,3)4/h5-8,19H,9H2,1-4H3,(H,17,18)/t15-/m1/s1/i2D3,8D,9D2. The lowest BCUT2D eigenvalue weighted by Gasteiger charge is -2.43. The van der Waals surface area contributed by atoms with Gasteiger partial charge < -0.3 is 10.2 Å². The fraction of sp³-hybridized carbons (Fsp3) is 0.467. The molecule has 0 spiro atoms. The summed E-state index contributed by atoms with van der Waals surface area (Å²) >= 11 is 0. The lowest BCUT2D eigenvalue weighted by Crippen LogP contribution is -2.48. The lowest BCUT2D eigenvalue weighted by molar-refractivity contribution is -0.131. The second-order valence-electron chi connectivity index (χ2n) is 4.91. The molecule has 4 nitrogen and oxygen atoms in total. The number of rotatable bonds is 3. The van der Waals surface area contributed by atoms with Crippen molar-refractivity contribution in [1.29, 1.82) is 0 Å². The van der Waals surface area contributed by atoms with Crippen LogP contribution in [0.5, 0.6) is 0 Å². The quantitative estimate of drug-likeness (QED) is 0.609. The van der Waals surface area contributed by atoms with E-state index in [1.807, 2.05) is 0 Å². The summed E-state index contributed by atoms with van der Waals surface area (Å²) in [5, 5.41) is 19.8. The van der Waals surface area contributed by atoms with Gasteiger partial charge in [0.25, 0.3) is 0 Å². The van der Waals surface area contributed by atoms with Gasteiger partial charge in [-0.3, -0.25) is 4.79 Å². The largest absolute Gasteiger partial charge is 0.478 e. The number of hydrogen-bond donors (Lipinski definition) is 2. The van der Waals surface area contributed by atoms with Crippen molar-refractivity contribution in [2.24, 2.45) is 5.41 Å². The molecule has 0 aromatic rings. The summed E-state index contributed by atoms with van der Waals surface area (Å²) in [5.74, 6) is -2.57. The van der Waals surface area contributed by atoms with Crippen LogP contribution in [0, 0.1) is 5.41 Å². The smallest absolute Gasteiger partial charge is 0.328 e. The van der Waals surface area contributed by atoms with E-state index in [2.05, 4.69) is 0 Å². The summed E-state index contributed by atoms with van der Waals surface area (Å²) in [4.78, 5) is 22.9. The predicted molar refractivity (Wildman–Crippen MR) is 72.6 cm³/mol. The Kier molecular flexibility index (Phi) is 2.29. The predicted octanol–water partition coefficient (Wildman–Crippen LogP) is 2.25. The maximum absolute atomic E-state index is 12.2. The number of hydrogen-bond acceptors (Lipinski definition) is 3. The van der Waals surface area contributed by atoms with Gasteiger partial charge in [-0.2, -0.15) is 0 Å². The first-order valence-corrected chi connectivity index (χ1v) is 5.59. The molecule has 0 radical (unpaired) electrons. The lowest BCUT2D eigenvalue weighted by atomic mass is 9.64. The molecule has 0 aromatic heterocycles. The van der Waals surface area contributed by atoms with Gasteiger partial charge in [-0.05, 0) is 37.0 Å². The molecule has 0 aromatic carbocycles. The van der Waals surface area contributed by atoms with E-state index < -0.39 is 47.6 Å². The zero-order chi connectivity index (χ0) is 20.0. The van der Waals surface area contributed by atoms with Crippen LogP contribution < -0.4 is 0 Å². The molecule has 0 saturated carbocycles. The highest BCUT2D eigenvalue weighted by Crippen LogP contribution is 2.44. The number of carboxylic acid groups (broad SMARTS) is 1. The SMILES string of the molecule is [2H]C1=C(C([2H])([2H])[2H])[C@](O)(C=CC(C)=CC(=O)O)C(C)(C)C([2H])([2H])C1=O. The van der Waals surface area contributed by atoms with Crippen molar-refractivity contribution in [1.82, 2.24) is 0 Å². The molecule has 1 aliphatic rings. The maximum atomic E-state index is 12.2. The molecular weight excluding hydrogens is 244 g/mol. The van der Waals surface area contributed by atoms with Crippen molar-refractivity contribution in [3.63, 3.8) is 0 Å². The minimum absolute atomic E-state index is 0.158. The zero-order valence-electron chi connectivity index (χ0n) is 16.9. The van der Waals surface area contributed by atoms with E-state index in [1.54, 1.807) is 0 Å². The average Bonchev–Trinajstić information content (AvgIpc) is 2.40. The minimum Gasteiger partial charge on any atom is -0.478 e. The highest BCUT2D eigenvalue weighted by Gasteiger charge is 2.46. The van der Waals surface area contributed by atoms with Gasteiger partial charge in [-0.25, -0.2) is 4.79 Å². The first-order chi connectivity index (χ1) is 11.0. The van der Waals surface area contributed by atoms with Crippen molar-refractivity contribution in [3.8, 4) is 0 Å². The van der Waals surface area contributed by atoms with Gasteiger partial charge in [0, 0.05) is 24.7 Å². The Morgan fingerprint density at radius 1 is 1.63 bits per heavy atom. The Labute approximate surface area is 121 Å². The molecule has 0 heterocycles. The van der Waals surface area contributed by atoms with Crippen molar-refractivity contribution in [2.45, 2.75) is 39.6 Å². The van der Waals surface area contributed by atoms with E-state index in [9.17, 15) is 14.7 Å². The van der Waals surface area contributed by atoms with Gasteiger partial charge >= 0.3 is 5.97 Å². The minimum atomic E-state index is -3.02. The van der Waals surface area contributed by atoms with Gasteiger partial charge in [0.15, 0.2) is 5.78 Å². The molecule has 1 atom stereocenters. The summed E-state index contributed by atoms with van der Waals surface area (Å²) in [6.07, 6.45) is 0.168. The number of allylic oxidation sites excluding steroid dienone is 3. The molecule has 0 unspecified atom stereocenters. The number of aliphatic carboxylic acids is 1. The molecule has 104 valence electrons. The highest BCUT2D eigenvalue weighted by molar-refractivity contribution is 5.92. The van der Waals surface area contributed by atoms with Crippen molar-refractivity contribution in [2.75, 3.05) is 0 Å². The van der Waals surface area contributed by atoms with Gasteiger partial charge in [0.1, 0.15) is 5.60 Å². The first-order valence-electron chi connectivity index (χ1n) is 8.59. The number of carbonyl (C=O) groups excluding carboxylic acids is 1. The van der Waals surface area contributed by atoms with E-state index in [0.717, 1.165) is 18.2 Å². The van der Waals surface area contributed by atoms with Crippen LogP contribution in [0.15, 0.2) is 35.4 Å². The van der Waals surface area contributed by atoms with Crippen LogP contribution in [0.4, 0.5) is 0 Å². The molecule has 0 amide bonds. The van der Waals surface area contributed by atoms with Crippen LogP contribution in [0.1, 0.15) is 42.2 Å². The van der Waals surface area contributed by atoms with Crippen molar-refractivity contribution < 1.29 is 28.0 Å². The zero-order valence-corrected chi connectivity index (χ0v) is 10.9. The fourth-order valence-corrected chi connectivity index (χ4v) is 1.72. The maximum Gasteiger partial charge on any atom is 0.328 e. The van der Waals surface area contributed by atoms with Crippen LogP contribution in [-0.2, 0) is 9.59 Å². The summed E-state index contributed by atoms with van der Waals surface area (Å²) < 4.78 is 46.5. The Bertz CT molecular complexity index is 699. The fourth-order valence-electron chi connectivity index (χ4n) is 1.72. The topological polar surface area (TPSA) is 74.6 Å². The van der Waals surface area contributed by atoms with Crippen LogP contribution in [0.3, 0.4) is 0 Å². The Hall–Kier alpha value is -1.68. The van der Waals surface area contributed by atoms with Gasteiger partial charge in [-0.15, -0.1) is 0 Å². The molecule has 0 fully saturated rings. The molecule has 1 rings (SSSR count). The van der Waals surface area contributed by atoms with Crippen LogP contribution >= 0.6 is 0 Å². The molecule has 1 aliphatic carbocycles. The average molecular weight is 270 g/mol. The second-order valence-corrected chi connectivity index (χ2v) is 4.91. The van der Waals surface area contributed by atoms with E-state index in [1.165, 1.54) is 20.8 Å². The van der Waals surface area contributed by atoms with Gasteiger partial charge in [-0.1, -0.05) is 19.9 Å². The van der Waals surface area contributed by atoms with Gasteiger partial charge in [0.2, 0.25) is 0 Å². The molecular formula is C15H20O4. The van der Waals surface area contributed by atoms with Crippen molar-refractivity contribution in [3.05, 3.63) is 35.4 Å². The van der Waals surface area contributed by atoms with E-state index in [0.29, 0.717) is 0 Å². The molecule has 4 heteroatoms. The van der Waals surface area contributed by atoms with Crippen LogP contribution in [0.25, 0.3) is 0 Å². The summed E-state index contributed by atoms with van der Waals surface area (Å²) in [5.41, 5.74) is -5.15. The number of ketones is 1. The Balaban J connectivity index is 3.78. The summed E-state index contributed by atoms with van der Waals surface area (Å²) in [6.45, 7) is 0.737. The third-order valence-corrected chi connectivity index (χ3v) is 2.94. The third-order valence-electron chi connectivity index (χ3n) is 2.94. The van der Waals surface area contributed by atoms with E-state index >= 15 is 0 Å². The summed E-state index contributed by atoms with van der Waals surface area (Å²) in [6, 6.07) is -1.10. The molecule has 2 N–H and O–H groups in total. The van der Waals surface area contributed by atoms with Crippen LogP contribution in [-0.4, -0.2) is 27.6 Å². The third kappa shape index (κ3) is 3.20. The van der Waals surface area contributed by atoms with Gasteiger partial charge in [0.05, 0.1) is 1.37 Å². The molecule has 0 bridgehead atoms. The molecule has 0 aliphatic heterocycles. The first kappa shape index (κ1) is 8.48. The van der Waals surface area contributed by atoms with Crippen LogP contribution in [0.2, 0.25) is 0 Å². The Morgan fingerprint density at radius 2 is 2.26 bits per heavy atom. The molecule has 0 saturated heterocycles. The van der Waals surface area contributed by atoms with Crippen molar-refractivity contribution >= 4 is 11.8 Å². The number of carboxylic acids is 1. The summed E-state index contributed by atoms with van der Waals surface area (Å²) in [7, 11) is 0. The number of carbonyl (C=O) groups is 2. The highest BCUT2D eigenvalue weighted by atomic mass is 16.4. The number of aliphatic hydroxyl groups is 1. The monoisotopic (exact) mass is 270 g/mol.